The van der Waals surface area contributed by atoms with Gasteiger partial charge >= 0.3 is 0 Å². The molecule has 1 saturated carbocycles. The number of nitrogens with zero attached hydrogens (tertiary/aromatic N) is 5. The van der Waals surface area contributed by atoms with Crippen LogP contribution in [0, 0.1) is 5.92 Å². The summed E-state index contributed by atoms with van der Waals surface area (Å²) in [5.74, 6) is 1.17. The average molecular weight is 422 g/mol. The molecule has 31 heavy (non-hydrogen) atoms. The van der Waals surface area contributed by atoms with Gasteiger partial charge in [-0.2, -0.15) is 0 Å². The van der Waals surface area contributed by atoms with Crippen molar-refractivity contribution in [2.75, 3.05) is 44.2 Å². The van der Waals surface area contributed by atoms with Crippen molar-refractivity contribution in [3.05, 3.63) is 42.5 Å². The van der Waals surface area contributed by atoms with Gasteiger partial charge in [0.15, 0.2) is 5.82 Å². The van der Waals surface area contributed by atoms with Gasteiger partial charge in [-0.1, -0.05) is 43.7 Å². The van der Waals surface area contributed by atoms with Gasteiger partial charge in [0.05, 0.1) is 12.2 Å². The summed E-state index contributed by atoms with van der Waals surface area (Å²) in [6.07, 6.45) is 3.94. The molecule has 2 fully saturated rings. The predicted molar refractivity (Wildman–Crippen MR) is 120 cm³/mol. The van der Waals surface area contributed by atoms with E-state index in [1.165, 1.54) is 0 Å². The zero-order valence-corrected chi connectivity index (χ0v) is 18.2. The summed E-state index contributed by atoms with van der Waals surface area (Å²) in [7, 11) is 0. The van der Waals surface area contributed by atoms with Gasteiger partial charge in [-0.15, -0.1) is 10.2 Å². The molecule has 1 saturated heterocycles. The molecular weight excluding hydrogens is 390 g/mol. The summed E-state index contributed by atoms with van der Waals surface area (Å²) in [4.78, 5) is 31.3. The van der Waals surface area contributed by atoms with Crippen LogP contribution in [0.2, 0.25) is 0 Å². The van der Waals surface area contributed by atoms with Crippen molar-refractivity contribution in [2.45, 2.75) is 32.6 Å². The van der Waals surface area contributed by atoms with Gasteiger partial charge in [0, 0.05) is 44.2 Å². The number of anilines is 1. The molecule has 1 aliphatic carbocycles. The van der Waals surface area contributed by atoms with Gasteiger partial charge in [-0.25, -0.2) is 0 Å². The molecule has 0 N–H and O–H groups in total. The van der Waals surface area contributed by atoms with Gasteiger partial charge in [-0.05, 0) is 31.4 Å². The number of piperazine rings is 1. The van der Waals surface area contributed by atoms with Crippen molar-refractivity contribution in [1.82, 2.24) is 20.0 Å². The monoisotopic (exact) mass is 421 g/mol. The van der Waals surface area contributed by atoms with E-state index < -0.39 is 0 Å². The van der Waals surface area contributed by atoms with Crippen LogP contribution in [0.1, 0.15) is 32.6 Å². The fourth-order valence-electron chi connectivity index (χ4n) is 4.16. The molecule has 0 unspecified atom stereocenters. The molecule has 0 spiro atoms. The number of carbonyl (C=O) groups is 2. The lowest BCUT2D eigenvalue weighted by atomic mass is 9.84. The average Bonchev–Trinajstić information content (AvgIpc) is 2.78. The Kier molecular flexibility index (Phi) is 6.79. The summed E-state index contributed by atoms with van der Waals surface area (Å²) in [5.41, 5.74) is 1.90. The number of hydrogen-bond donors (Lipinski definition) is 0. The van der Waals surface area contributed by atoms with E-state index in [4.69, 9.17) is 0 Å². The van der Waals surface area contributed by atoms with E-state index in [1.54, 1.807) is 4.90 Å². The smallest absolute Gasteiger partial charge is 0.242 e. The van der Waals surface area contributed by atoms with E-state index in [9.17, 15) is 9.59 Å². The number of benzene rings is 1. The maximum atomic E-state index is 12.8. The molecule has 2 aliphatic rings. The number of hydrogen-bond acceptors (Lipinski definition) is 5. The lowest BCUT2D eigenvalue weighted by molar-refractivity contribution is -0.144. The fourth-order valence-corrected chi connectivity index (χ4v) is 4.16. The highest BCUT2D eigenvalue weighted by Crippen LogP contribution is 2.28. The zero-order valence-electron chi connectivity index (χ0n) is 18.2. The quantitative estimate of drug-likeness (QED) is 0.688. The highest BCUT2D eigenvalue weighted by atomic mass is 16.2. The van der Waals surface area contributed by atoms with E-state index in [0.29, 0.717) is 19.6 Å². The van der Waals surface area contributed by atoms with Gasteiger partial charge in [0.25, 0.3) is 0 Å². The summed E-state index contributed by atoms with van der Waals surface area (Å²) in [5, 5.41) is 8.77. The minimum atomic E-state index is 0.0475. The number of carbonyl (C=O) groups excluding carboxylic acids is 2. The van der Waals surface area contributed by atoms with Crippen molar-refractivity contribution in [1.29, 1.82) is 0 Å². The lowest BCUT2D eigenvalue weighted by Crippen LogP contribution is -2.52. The molecule has 2 heterocycles. The maximum Gasteiger partial charge on any atom is 0.242 e. The largest absolute Gasteiger partial charge is 0.352 e. The molecule has 1 aliphatic heterocycles. The van der Waals surface area contributed by atoms with E-state index in [-0.39, 0.29) is 24.3 Å². The summed E-state index contributed by atoms with van der Waals surface area (Å²) >= 11 is 0. The van der Waals surface area contributed by atoms with Gasteiger partial charge in [-0.3, -0.25) is 9.59 Å². The van der Waals surface area contributed by atoms with E-state index in [0.717, 1.165) is 55.8 Å². The minimum absolute atomic E-state index is 0.0475. The third kappa shape index (κ3) is 5.03. The Bertz CT molecular complexity index is 875. The van der Waals surface area contributed by atoms with Crippen LogP contribution in [0.15, 0.2) is 42.5 Å². The molecule has 164 valence electrons. The van der Waals surface area contributed by atoms with Crippen LogP contribution in [0.5, 0.6) is 0 Å². The third-order valence-corrected chi connectivity index (χ3v) is 6.26. The second-order valence-electron chi connectivity index (χ2n) is 8.40. The van der Waals surface area contributed by atoms with Gasteiger partial charge in [0.2, 0.25) is 11.8 Å². The Hall–Kier alpha value is -2.96. The second kappa shape index (κ2) is 9.90. The maximum absolute atomic E-state index is 12.8. The van der Waals surface area contributed by atoms with Crippen molar-refractivity contribution in [2.24, 2.45) is 5.92 Å². The topological polar surface area (TPSA) is 69.6 Å². The Morgan fingerprint density at radius 2 is 1.74 bits per heavy atom. The predicted octanol–water partition coefficient (Wildman–Crippen LogP) is 2.83. The summed E-state index contributed by atoms with van der Waals surface area (Å²) < 4.78 is 0. The highest BCUT2D eigenvalue weighted by molar-refractivity contribution is 5.86. The van der Waals surface area contributed by atoms with Gasteiger partial charge in [0.1, 0.15) is 0 Å². The number of rotatable bonds is 7. The first kappa shape index (κ1) is 21.3. The molecule has 2 aromatic rings. The Balaban J connectivity index is 1.30. The van der Waals surface area contributed by atoms with Crippen LogP contribution in [0.3, 0.4) is 0 Å². The molecule has 7 heteroatoms. The van der Waals surface area contributed by atoms with Crippen molar-refractivity contribution >= 4 is 17.6 Å². The first-order valence-electron chi connectivity index (χ1n) is 11.4. The number of aromatic nitrogens is 2. The first-order valence-corrected chi connectivity index (χ1v) is 11.4. The van der Waals surface area contributed by atoms with Crippen LogP contribution < -0.4 is 4.90 Å². The Labute approximate surface area is 184 Å². The minimum Gasteiger partial charge on any atom is -0.352 e. The third-order valence-electron chi connectivity index (χ3n) is 6.26. The molecule has 7 nitrogen and oxygen atoms in total. The molecule has 4 rings (SSSR count). The van der Waals surface area contributed by atoms with Crippen molar-refractivity contribution < 1.29 is 9.59 Å². The SMILES string of the molecule is CCCN(CC(=O)N1CCN(c2ccc(-c3ccccc3)nn2)CC1)C(=O)C1CCC1. The van der Waals surface area contributed by atoms with Crippen LogP contribution >= 0.6 is 0 Å². The molecule has 1 aromatic carbocycles. The van der Waals surface area contributed by atoms with E-state index in [2.05, 4.69) is 22.0 Å². The van der Waals surface area contributed by atoms with Crippen LogP contribution in [-0.4, -0.2) is 71.1 Å². The van der Waals surface area contributed by atoms with Gasteiger partial charge < -0.3 is 14.7 Å². The van der Waals surface area contributed by atoms with Crippen molar-refractivity contribution in [3.8, 4) is 11.3 Å². The fraction of sp³-hybridized carbons (Fsp3) is 0.500. The van der Waals surface area contributed by atoms with Crippen LogP contribution in [0.4, 0.5) is 5.82 Å². The number of amides is 2. The lowest BCUT2D eigenvalue weighted by Gasteiger charge is -2.37. The second-order valence-corrected chi connectivity index (χ2v) is 8.40. The molecule has 0 atom stereocenters. The molecule has 0 radical (unpaired) electrons. The molecule has 0 bridgehead atoms. The van der Waals surface area contributed by atoms with E-state index in [1.807, 2.05) is 47.4 Å². The van der Waals surface area contributed by atoms with Crippen molar-refractivity contribution in [3.63, 3.8) is 0 Å². The molecular formula is C24H31N5O2. The molecule has 1 aromatic heterocycles. The van der Waals surface area contributed by atoms with E-state index >= 15 is 0 Å². The van der Waals surface area contributed by atoms with Crippen LogP contribution in [-0.2, 0) is 9.59 Å². The summed E-state index contributed by atoms with van der Waals surface area (Å²) in [6.45, 7) is 5.62. The van der Waals surface area contributed by atoms with Crippen LogP contribution in [0.25, 0.3) is 11.3 Å². The first-order chi connectivity index (χ1) is 15.2. The highest BCUT2D eigenvalue weighted by Gasteiger charge is 2.31. The summed E-state index contributed by atoms with van der Waals surface area (Å²) in [6, 6.07) is 14.0. The Morgan fingerprint density at radius 1 is 1.00 bits per heavy atom. The standard InChI is InChI=1S/C24H31N5O2/c1-2-13-29(24(31)20-9-6-10-20)18-23(30)28-16-14-27(15-17-28)22-12-11-21(25-26-22)19-7-4-3-5-8-19/h3-5,7-8,11-12,20H,2,6,9-10,13-18H2,1H3. The Morgan fingerprint density at radius 3 is 2.32 bits per heavy atom. The normalized spacial score (nSPS) is 16.7. The molecule has 2 amide bonds. The zero-order chi connectivity index (χ0) is 21.6.